The summed E-state index contributed by atoms with van der Waals surface area (Å²) in [4.78, 5) is 11.8. The Kier molecular flexibility index (Phi) is 3.86. The highest BCUT2D eigenvalue weighted by Crippen LogP contribution is 2.41. The molecular formula is C17H14N2O5S. The zero-order chi connectivity index (χ0) is 18.4. The number of phenolic OH excluding ortho intramolecular Hbond substituents is 1. The van der Waals surface area contributed by atoms with Gasteiger partial charge in [0.25, 0.3) is 10.1 Å². The first-order chi connectivity index (χ1) is 11.7. The van der Waals surface area contributed by atoms with E-state index in [1.54, 1.807) is 30.3 Å². The van der Waals surface area contributed by atoms with Crippen LogP contribution in [-0.4, -0.2) is 23.9 Å². The van der Waals surface area contributed by atoms with E-state index in [9.17, 15) is 22.9 Å². The van der Waals surface area contributed by atoms with Gasteiger partial charge in [-0.2, -0.15) is 8.42 Å². The number of benzene rings is 3. The first-order valence-corrected chi connectivity index (χ1v) is 8.56. The summed E-state index contributed by atoms with van der Waals surface area (Å²) >= 11 is 0. The summed E-state index contributed by atoms with van der Waals surface area (Å²) in [5.41, 5.74) is 11.2. The van der Waals surface area contributed by atoms with E-state index < -0.39 is 26.5 Å². The second kappa shape index (κ2) is 5.76. The Morgan fingerprint density at radius 1 is 0.880 bits per heavy atom. The van der Waals surface area contributed by atoms with Crippen molar-refractivity contribution >= 4 is 38.0 Å². The molecule has 0 atom stereocenters. The van der Waals surface area contributed by atoms with Crippen LogP contribution in [0.25, 0.3) is 10.8 Å². The molecule has 0 spiro atoms. The summed E-state index contributed by atoms with van der Waals surface area (Å²) in [5, 5.41) is 10.4. The van der Waals surface area contributed by atoms with E-state index in [4.69, 9.17) is 11.5 Å². The number of carbonyl (C=O) groups excluding carboxylic acids is 1. The average molecular weight is 358 g/mol. The molecule has 3 aromatic carbocycles. The summed E-state index contributed by atoms with van der Waals surface area (Å²) in [6.45, 7) is 0. The van der Waals surface area contributed by atoms with Gasteiger partial charge in [0.1, 0.15) is 10.6 Å². The molecule has 0 amide bonds. The predicted octanol–water partition coefficient (Wildman–Crippen LogP) is 2.19. The SMILES string of the molecule is Nc1c(S(=O)(=O)O)c(N)c2cc(C(=O)c3ccccc3)ccc2c1O. The maximum absolute atomic E-state index is 12.5. The van der Waals surface area contributed by atoms with Crippen LogP contribution < -0.4 is 11.5 Å². The molecule has 0 aliphatic rings. The molecule has 3 aromatic rings. The zero-order valence-corrected chi connectivity index (χ0v) is 13.6. The summed E-state index contributed by atoms with van der Waals surface area (Å²) in [5.74, 6) is -0.831. The normalized spacial score (nSPS) is 11.6. The van der Waals surface area contributed by atoms with Gasteiger partial charge in [-0.25, -0.2) is 0 Å². The highest BCUT2D eigenvalue weighted by atomic mass is 32.2. The van der Waals surface area contributed by atoms with Crippen LogP contribution in [0.15, 0.2) is 53.4 Å². The molecular weight excluding hydrogens is 344 g/mol. The molecule has 0 bridgehead atoms. The van der Waals surface area contributed by atoms with Crippen LogP contribution >= 0.6 is 0 Å². The number of hydrogen-bond donors (Lipinski definition) is 4. The van der Waals surface area contributed by atoms with Crippen molar-refractivity contribution in [2.45, 2.75) is 4.90 Å². The Balaban J connectivity index is 2.30. The molecule has 7 nitrogen and oxygen atoms in total. The van der Waals surface area contributed by atoms with Gasteiger partial charge < -0.3 is 16.6 Å². The maximum atomic E-state index is 12.5. The topological polar surface area (TPSA) is 144 Å². The van der Waals surface area contributed by atoms with Crippen molar-refractivity contribution in [3.05, 3.63) is 59.7 Å². The first kappa shape index (κ1) is 16.7. The van der Waals surface area contributed by atoms with Gasteiger partial charge in [0, 0.05) is 21.9 Å². The van der Waals surface area contributed by atoms with Crippen LogP contribution in [0, 0.1) is 0 Å². The van der Waals surface area contributed by atoms with Crippen molar-refractivity contribution in [3.63, 3.8) is 0 Å². The number of phenols is 1. The third-order valence-electron chi connectivity index (χ3n) is 3.87. The van der Waals surface area contributed by atoms with Crippen molar-refractivity contribution in [1.82, 2.24) is 0 Å². The van der Waals surface area contributed by atoms with Crippen LogP contribution in [0.5, 0.6) is 5.75 Å². The fraction of sp³-hybridized carbons (Fsp3) is 0. The number of anilines is 2. The Morgan fingerprint density at radius 2 is 1.52 bits per heavy atom. The number of rotatable bonds is 3. The molecule has 25 heavy (non-hydrogen) atoms. The van der Waals surface area contributed by atoms with Gasteiger partial charge in [-0.1, -0.05) is 36.4 Å². The van der Waals surface area contributed by atoms with Gasteiger partial charge in [-0.3, -0.25) is 9.35 Å². The maximum Gasteiger partial charge on any atom is 0.298 e. The highest BCUT2D eigenvalue weighted by Gasteiger charge is 2.25. The van der Waals surface area contributed by atoms with Crippen LogP contribution in [0.1, 0.15) is 15.9 Å². The molecule has 0 unspecified atom stereocenters. The van der Waals surface area contributed by atoms with Gasteiger partial charge in [0.15, 0.2) is 5.78 Å². The van der Waals surface area contributed by atoms with Crippen LogP contribution in [0.2, 0.25) is 0 Å². The molecule has 0 aliphatic heterocycles. The van der Waals surface area contributed by atoms with E-state index in [0.717, 1.165) is 0 Å². The number of hydrogen-bond acceptors (Lipinski definition) is 6. The minimum atomic E-state index is -4.76. The lowest BCUT2D eigenvalue weighted by molar-refractivity contribution is 0.103. The summed E-state index contributed by atoms with van der Waals surface area (Å²) in [6, 6.07) is 12.7. The summed E-state index contributed by atoms with van der Waals surface area (Å²) < 4.78 is 32.4. The van der Waals surface area contributed by atoms with E-state index in [1.807, 2.05) is 0 Å². The average Bonchev–Trinajstić information content (AvgIpc) is 2.58. The Morgan fingerprint density at radius 3 is 2.12 bits per heavy atom. The number of carbonyl (C=O) groups is 1. The zero-order valence-electron chi connectivity index (χ0n) is 12.8. The fourth-order valence-corrected chi connectivity index (χ4v) is 3.43. The molecule has 8 heteroatoms. The monoisotopic (exact) mass is 358 g/mol. The lowest BCUT2D eigenvalue weighted by Crippen LogP contribution is -2.09. The predicted molar refractivity (Wildman–Crippen MR) is 94.1 cm³/mol. The van der Waals surface area contributed by atoms with E-state index in [0.29, 0.717) is 5.56 Å². The Bertz CT molecular complexity index is 1110. The van der Waals surface area contributed by atoms with Gasteiger partial charge in [0.2, 0.25) is 0 Å². The third-order valence-corrected chi connectivity index (χ3v) is 4.82. The first-order valence-electron chi connectivity index (χ1n) is 7.12. The Hall–Kier alpha value is -3.10. The second-order valence-electron chi connectivity index (χ2n) is 5.44. The number of nitrogen functional groups attached to an aromatic ring is 2. The van der Waals surface area contributed by atoms with Crippen LogP contribution in [0.4, 0.5) is 11.4 Å². The minimum Gasteiger partial charge on any atom is -0.505 e. The number of aromatic hydroxyl groups is 1. The number of fused-ring (bicyclic) bond motifs is 1. The van der Waals surface area contributed by atoms with Gasteiger partial charge in [-0.05, 0) is 12.1 Å². The lowest BCUT2D eigenvalue weighted by Gasteiger charge is -2.13. The van der Waals surface area contributed by atoms with Crippen LogP contribution in [0.3, 0.4) is 0 Å². The van der Waals surface area contributed by atoms with E-state index in [2.05, 4.69) is 0 Å². The Labute approximate surface area is 143 Å². The molecule has 0 heterocycles. The molecule has 0 aliphatic carbocycles. The molecule has 0 saturated carbocycles. The molecule has 0 aromatic heterocycles. The third kappa shape index (κ3) is 2.77. The van der Waals surface area contributed by atoms with Crippen LogP contribution in [-0.2, 0) is 10.1 Å². The second-order valence-corrected chi connectivity index (χ2v) is 6.79. The highest BCUT2D eigenvalue weighted by molar-refractivity contribution is 7.86. The van der Waals surface area contributed by atoms with Crippen molar-refractivity contribution in [2.24, 2.45) is 0 Å². The molecule has 0 fully saturated rings. The molecule has 3 rings (SSSR count). The lowest BCUT2D eigenvalue weighted by atomic mass is 9.98. The van der Waals surface area contributed by atoms with Crippen molar-refractivity contribution < 1.29 is 22.9 Å². The fourth-order valence-electron chi connectivity index (χ4n) is 2.67. The largest absolute Gasteiger partial charge is 0.505 e. The molecule has 0 radical (unpaired) electrons. The van der Waals surface area contributed by atoms with Gasteiger partial charge >= 0.3 is 0 Å². The van der Waals surface area contributed by atoms with E-state index in [-0.39, 0.29) is 27.8 Å². The van der Waals surface area contributed by atoms with Crippen molar-refractivity contribution in [2.75, 3.05) is 11.5 Å². The number of nitrogens with two attached hydrogens (primary N) is 2. The van der Waals surface area contributed by atoms with Crippen molar-refractivity contribution in [1.29, 1.82) is 0 Å². The molecule has 0 saturated heterocycles. The number of ketones is 1. The van der Waals surface area contributed by atoms with Gasteiger partial charge in [-0.15, -0.1) is 0 Å². The smallest absolute Gasteiger partial charge is 0.298 e. The standard InChI is InChI=1S/C17H14N2O5S/c18-13-12-8-10(15(20)9-4-2-1-3-5-9)6-7-11(12)16(21)14(19)17(13)25(22,23)24/h1-8,21H,18-19H2,(H,22,23,24). The van der Waals surface area contributed by atoms with E-state index >= 15 is 0 Å². The summed E-state index contributed by atoms with van der Waals surface area (Å²) in [7, 11) is -4.76. The van der Waals surface area contributed by atoms with E-state index in [1.165, 1.54) is 18.2 Å². The molecule has 6 N–H and O–H groups in total. The molecule has 128 valence electrons. The van der Waals surface area contributed by atoms with Gasteiger partial charge in [0.05, 0.1) is 11.4 Å². The quantitative estimate of drug-likeness (QED) is 0.185. The minimum absolute atomic E-state index is 0.0982. The van der Waals surface area contributed by atoms with Crippen molar-refractivity contribution in [3.8, 4) is 5.75 Å². The summed E-state index contributed by atoms with van der Waals surface area (Å²) in [6.07, 6.45) is 0.